The maximum absolute atomic E-state index is 14.9. The van der Waals surface area contributed by atoms with Gasteiger partial charge >= 0.3 is 0 Å². The number of benzene rings is 2. The minimum atomic E-state index is -3.79. The van der Waals surface area contributed by atoms with Crippen molar-refractivity contribution in [2.45, 2.75) is 18.8 Å². The van der Waals surface area contributed by atoms with Gasteiger partial charge in [-0.2, -0.15) is 18.6 Å². The first-order valence-electron chi connectivity index (χ1n) is 8.94. The number of carbonyl (C=O) groups excluding carboxylic acids is 1. The number of para-hydroxylation sites is 1. The molecule has 1 unspecified atom stereocenters. The summed E-state index contributed by atoms with van der Waals surface area (Å²) in [6.45, 7) is -0.127. The first-order valence-corrected chi connectivity index (χ1v) is 8.94. The maximum atomic E-state index is 14.9. The largest absolute Gasteiger partial charge is 0.390 e. The van der Waals surface area contributed by atoms with Gasteiger partial charge < -0.3 is 10.8 Å². The quantitative estimate of drug-likeness (QED) is 0.644. The number of amides is 1. The van der Waals surface area contributed by atoms with E-state index in [9.17, 15) is 22.8 Å². The highest BCUT2D eigenvalue weighted by Crippen LogP contribution is 2.35. The molecule has 0 saturated heterocycles. The fourth-order valence-corrected chi connectivity index (χ4v) is 3.16. The Morgan fingerprint density at radius 2 is 1.83 bits per heavy atom. The highest BCUT2D eigenvalue weighted by Gasteiger charge is 2.35. The molecule has 2 aromatic carbocycles. The van der Waals surface area contributed by atoms with E-state index in [4.69, 9.17) is 10.8 Å². The van der Waals surface area contributed by atoms with Crippen LogP contribution in [0.15, 0.2) is 59.4 Å². The second-order valence-corrected chi connectivity index (χ2v) is 6.69. The number of nitrogens with two attached hydrogens (primary N) is 1. The van der Waals surface area contributed by atoms with Crippen LogP contribution in [0.3, 0.4) is 0 Å². The summed E-state index contributed by atoms with van der Waals surface area (Å²) in [6, 6.07) is 12.7. The molecular formula is C21H18F3N3O3. The van der Waals surface area contributed by atoms with Crippen LogP contribution in [0.25, 0.3) is 5.69 Å². The Bertz CT molecular complexity index is 1150. The molecule has 0 saturated carbocycles. The molecule has 0 bridgehead atoms. The molecule has 3 N–H and O–H groups in total. The number of aliphatic hydroxyl groups excluding tert-OH is 1. The molecule has 6 nitrogen and oxygen atoms in total. The highest BCUT2D eigenvalue weighted by atomic mass is 19.3. The minimum absolute atomic E-state index is 0.00282. The molecule has 9 heteroatoms. The summed E-state index contributed by atoms with van der Waals surface area (Å²) < 4.78 is 43.6. The van der Waals surface area contributed by atoms with Crippen LogP contribution in [0.5, 0.6) is 0 Å². The molecule has 1 amide bonds. The number of hydrogen-bond acceptors (Lipinski definition) is 4. The summed E-state index contributed by atoms with van der Waals surface area (Å²) in [6.07, 6.45) is 0. The van der Waals surface area contributed by atoms with Crippen LogP contribution in [-0.2, 0) is 5.92 Å². The van der Waals surface area contributed by atoms with E-state index in [-0.39, 0.29) is 16.8 Å². The minimum Gasteiger partial charge on any atom is -0.390 e. The number of aromatic nitrogens is 2. The SMILES string of the molecule is CC(c1cc(=O)n(-c2ccccc2)nc1C(N)=O)c1cccc(C(F)(F)CO)c1F. The van der Waals surface area contributed by atoms with E-state index < -0.39 is 41.3 Å². The summed E-state index contributed by atoms with van der Waals surface area (Å²) in [4.78, 5) is 24.6. The third-order valence-corrected chi connectivity index (χ3v) is 4.75. The van der Waals surface area contributed by atoms with E-state index in [1.165, 1.54) is 19.1 Å². The van der Waals surface area contributed by atoms with Gasteiger partial charge in [0.15, 0.2) is 5.69 Å². The number of aliphatic hydroxyl groups is 1. The molecular weight excluding hydrogens is 399 g/mol. The molecule has 0 aliphatic rings. The second-order valence-electron chi connectivity index (χ2n) is 6.69. The van der Waals surface area contributed by atoms with Gasteiger partial charge in [0.05, 0.1) is 11.3 Å². The van der Waals surface area contributed by atoms with Crippen LogP contribution in [0.2, 0.25) is 0 Å². The number of rotatable bonds is 6. The standard InChI is InChI=1S/C21H18F3N3O3/c1-12(14-8-5-9-16(18(14)22)21(23,24)11-28)15-10-17(29)27(26-19(15)20(25)30)13-6-3-2-4-7-13/h2-10,12,28H,11H2,1H3,(H2,25,30). The Balaban J connectivity index is 2.17. The van der Waals surface area contributed by atoms with Gasteiger partial charge in [0, 0.05) is 12.0 Å². The van der Waals surface area contributed by atoms with E-state index in [0.29, 0.717) is 5.69 Å². The van der Waals surface area contributed by atoms with E-state index >= 15 is 0 Å². The van der Waals surface area contributed by atoms with Gasteiger partial charge in [-0.05, 0) is 29.3 Å². The van der Waals surface area contributed by atoms with Crippen LogP contribution < -0.4 is 11.3 Å². The normalized spacial score (nSPS) is 12.6. The zero-order valence-corrected chi connectivity index (χ0v) is 15.8. The van der Waals surface area contributed by atoms with Crippen molar-refractivity contribution in [1.29, 1.82) is 0 Å². The van der Waals surface area contributed by atoms with Gasteiger partial charge in [0.2, 0.25) is 0 Å². The molecule has 1 heterocycles. The zero-order valence-electron chi connectivity index (χ0n) is 15.8. The zero-order chi connectivity index (χ0) is 22.1. The molecule has 3 rings (SSSR count). The molecule has 30 heavy (non-hydrogen) atoms. The molecule has 156 valence electrons. The van der Waals surface area contributed by atoms with Crippen molar-refractivity contribution in [3.63, 3.8) is 0 Å². The van der Waals surface area contributed by atoms with Crippen LogP contribution in [0.1, 0.15) is 40.0 Å². The number of primary amides is 1. The van der Waals surface area contributed by atoms with E-state index in [1.807, 2.05) is 0 Å². The summed E-state index contributed by atoms with van der Waals surface area (Å²) >= 11 is 0. The fourth-order valence-electron chi connectivity index (χ4n) is 3.16. The highest BCUT2D eigenvalue weighted by molar-refractivity contribution is 5.92. The molecule has 0 spiro atoms. The van der Waals surface area contributed by atoms with E-state index in [1.54, 1.807) is 30.3 Å². The van der Waals surface area contributed by atoms with Crippen LogP contribution in [0.4, 0.5) is 13.2 Å². The summed E-state index contributed by atoms with van der Waals surface area (Å²) in [5.41, 5.74) is 3.74. The Morgan fingerprint density at radius 1 is 1.17 bits per heavy atom. The molecule has 1 aromatic heterocycles. The Labute approximate surface area is 169 Å². The van der Waals surface area contributed by atoms with E-state index in [0.717, 1.165) is 16.8 Å². The van der Waals surface area contributed by atoms with Crippen molar-refractivity contribution >= 4 is 5.91 Å². The van der Waals surface area contributed by atoms with Crippen molar-refractivity contribution in [2.24, 2.45) is 5.73 Å². The van der Waals surface area contributed by atoms with Crippen molar-refractivity contribution in [3.8, 4) is 5.69 Å². The van der Waals surface area contributed by atoms with Crippen molar-refractivity contribution in [2.75, 3.05) is 6.61 Å². The first kappa shape index (κ1) is 21.3. The number of hydrogen-bond donors (Lipinski definition) is 2. The third-order valence-electron chi connectivity index (χ3n) is 4.75. The van der Waals surface area contributed by atoms with Crippen LogP contribution in [0, 0.1) is 5.82 Å². The maximum Gasteiger partial charge on any atom is 0.298 e. The predicted octanol–water partition coefficient (Wildman–Crippen LogP) is 2.71. The van der Waals surface area contributed by atoms with Crippen molar-refractivity contribution < 1.29 is 23.1 Å². The average Bonchev–Trinajstić information content (AvgIpc) is 2.73. The summed E-state index contributed by atoms with van der Waals surface area (Å²) in [5, 5.41) is 12.9. The summed E-state index contributed by atoms with van der Waals surface area (Å²) in [5.74, 6) is -6.99. The van der Waals surface area contributed by atoms with Gasteiger partial charge in [-0.15, -0.1) is 0 Å². The Hall–Kier alpha value is -3.46. The summed E-state index contributed by atoms with van der Waals surface area (Å²) in [7, 11) is 0. The lowest BCUT2D eigenvalue weighted by molar-refractivity contribution is -0.0583. The Morgan fingerprint density at radius 3 is 2.43 bits per heavy atom. The van der Waals surface area contributed by atoms with Gasteiger partial charge in [0.25, 0.3) is 17.4 Å². The fraction of sp³-hybridized carbons (Fsp3) is 0.190. The molecule has 0 radical (unpaired) electrons. The smallest absolute Gasteiger partial charge is 0.298 e. The van der Waals surface area contributed by atoms with Gasteiger partial charge in [-0.1, -0.05) is 37.3 Å². The van der Waals surface area contributed by atoms with Crippen molar-refractivity contribution in [3.05, 3.63) is 93.2 Å². The molecule has 3 aromatic rings. The number of alkyl halides is 2. The van der Waals surface area contributed by atoms with E-state index in [2.05, 4.69) is 5.10 Å². The van der Waals surface area contributed by atoms with Crippen LogP contribution in [-0.4, -0.2) is 27.4 Å². The second kappa shape index (κ2) is 8.11. The number of nitrogens with zero attached hydrogens (tertiary/aromatic N) is 2. The lowest BCUT2D eigenvalue weighted by Crippen LogP contribution is -2.28. The van der Waals surface area contributed by atoms with Crippen LogP contribution >= 0.6 is 0 Å². The molecule has 0 aliphatic heterocycles. The third kappa shape index (κ3) is 3.84. The number of halogens is 3. The molecule has 1 atom stereocenters. The van der Waals surface area contributed by atoms with Gasteiger partial charge in [-0.3, -0.25) is 9.59 Å². The molecule has 0 fully saturated rings. The topological polar surface area (TPSA) is 98.2 Å². The average molecular weight is 417 g/mol. The lowest BCUT2D eigenvalue weighted by Gasteiger charge is -2.20. The van der Waals surface area contributed by atoms with Crippen molar-refractivity contribution in [1.82, 2.24) is 9.78 Å². The monoisotopic (exact) mass is 417 g/mol. The Kier molecular flexibility index (Phi) is 5.75. The van der Waals surface area contributed by atoms with Gasteiger partial charge in [-0.25, -0.2) is 4.39 Å². The molecule has 0 aliphatic carbocycles. The van der Waals surface area contributed by atoms with Gasteiger partial charge in [0.1, 0.15) is 12.4 Å². The predicted molar refractivity (Wildman–Crippen MR) is 103 cm³/mol. The number of carbonyl (C=O) groups is 1. The first-order chi connectivity index (χ1) is 14.2. The lowest BCUT2D eigenvalue weighted by atomic mass is 9.89.